The van der Waals surface area contributed by atoms with Gasteiger partial charge in [0.15, 0.2) is 0 Å². The van der Waals surface area contributed by atoms with E-state index in [-0.39, 0.29) is 6.04 Å². The molecule has 1 fully saturated rings. The van der Waals surface area contributed by atoms with Crippen molar-refractivity contribution in [3.63, 3.8) is 0 Å². The summed E-state index contributed by atoms with van der Waals surface area (Å²) >= 11 is 0. The van der Waals surface area contributed by atoms with Crippen LogP contribution in [0.3, 0.4) is 0 Å². The van der Waals surface area contributed by atoms with Gasteiger partial charge in [-0.05, 0) is 72.5 Å². The number of ether oxygens (including phenoxy) is 4. The molecule has 4 rings (SSSR count). The molecule has 0 unspecified atom stereocenters. The molecule has 0 spiro atoms. The molecule has 0 aromatic heterocycles. The lowest BCUT2D eigenvalue weighted by Crippen LogP contribution is -2.37. The number of aliphatic carboxylic acids is 1. The zero-order valence-electron chi connectivity index (χ0n) is 22.1. The van der Waals surface area contributed by atoms with E-state index >= 15 is 0 Å². The Morgan fingerprint density at radius 3 is 1.68 bits per heavy atom. The van der Waals surface area contributed by atoms with Crippen molar-refractivity contribution in [3.05, 3.63) is 102 Å². The van der Waals surface area contributed by atoms with Crippen LogP contribution in [0.5, 0.6) is 17.2 Å². The predicted octanol–water partition coefficient (Wildman–Crippen LogP) is 5.13. The quantitative estimate of drug-likeness (QED) is 0.264. The van der Waals surface area contributed by atoms with Crippen LogP contribution in [0, 0.1) is 0 Å². The molecule has 1 saturated heterocycles. The number of benzene rings is 3. The molecule has 0 aliphatic carbocycles. The Hall–Kier alpha value is -3.81. The van der Waals surface area contributed by atoms with Crippen LogP contribution >= 0.6 is 0 Å². The second kappa shape index (κ2) is 12.6. The highest BCUT2D eigenvalue weighted by Crippen LogP contribution is 2.42. The predicted molar refractivity (Wildman–Crippen MR) is 146 cm³/mol. The van der Waals surface area contributed by atoms with Gasteiger partial charge in [0.1, 0.15) is 22.8 Å². The van der Waals surface area contributed by atoms with Crippen LogP contribution in [0.15, 0.2) is 84.9 Å². The molecule has 0 saturated carbocycles. The number of carbonyl (C=O) groups is 1. The van der Waals surface area contributed by atoms with Gasteiger partial charge < -0.3 is 24.1 Å². The van der Waals surface area contributed by atoms with Crippen molar-refractivity contribution < 1.29 is 28.8 Å². The molecule has 38 heavy (non-hydrogen) atoms. The van der Waals surface area contributed by atoms with Crippen molar-refractivity contribution in [2.45, 2.75) is 24.5 Å². The van der Waals surface area contributed by atoms with Crippen LogP contribution in [0.4, 0.5) is 0 Å². The number of likely N-dealkylation sites (tertiary alicyclic amines) is 1. The smallest absolute Gasteiger partial charge is 0.328 e. The van der Waals surface area contributed by atoms with Crippen LogP contribution < -0.4 is 14.2 Å². The summed E-state index contributed by atoms with van der Waals surface area (Å²) in [4.78, 5) is 13.3. The van der Waals surface area contributed by atoms with Crippen LogP contribution in [0.1, 0.15) is 29.5 Å². The first-order valence-corrected chi connectivity index (χ1v) is 12.7. The summed E-state index contributed by atoms with van der Waals surface area (Å²) in [6, 6.07) is 23.9. The largest absolute Gasteiger partial charge is 0.497 e. The molecule has 1 heterocycles. The van der Waals surface area contributed by atoms with Crippen molar-refractivity contribution in [1.82, 2.24) is 4.90 Å². The molecule has 1 aliphatic rings. The van der Waals surface area contributed by atoms with Gasteiger partial charge in [0.25, 0.3) is 0 Å². The molecule has 200 valence electrons. The number of methoxy groups -OCH3 is 3. The topological polar surface area (TPSA) is 77.5 Å². The standard InChI is InChI=1S/C31H35NO6/c1-35-27-13-6-23(7-14-27)31(24-8-15-28(36-2)16-9-24,25-10-17-29(37-3)18-11-25)38-22-21-32-20-4-5-26(32)12-19-30(33)34/h6-19,26H,4-5,20-22H2,1-3H3,(H,33,34)/b19-12-/t26-/m0/s1. The van der Waals surface area contributed by atoms with Crippen LogP contribution in [-0.4, -0.2) is 63.0 Å². The highest BCUT2D eigenvalue weighted by Gasteiger charge is 2.38. The third kappa shape index (κ3) is 6.01. The fraction of sp³-hybridized carbons (Fsp3) is 0.323. The van der Waals surface area contributed by atoms with Gasteiger partial charge in [-0.2, -0.15) is 0 Å². The van der Waals surface area contributed by atoms with Gasteiger partial charge >= 0.3 is 5.97 Å². The monoisotopic (exact) mass is 517 g/mol. The van der Waals surface area contributed by atoms with E-state index in [0.29, 0.717) is 13.2 Å². The summed E-state index contributed by atoms with van der Waals surface area (Å²) in [6.45, 7) is 2.00. The van der Waals surface area contributed by atoms with Crippen molar-refractivity contribution in [2.75, 3.05) is 41.0 Å². The van der Waals surface area contributed by atoms with E-state index in [9.17, 15) is 4.79 Å². The molecule has 1 aliphatic heterocycles. The summed E-state index contributed by atoms with van der Waals surface area (Å²) in [5.74, 6) is 1.36. The normalized spacial score (nSPS) is 16.0. The van der Waals surface area contributed by atoms with Gasteiger partial charge in [0.2, 0.25) is 0 Å². The van der Waals surface area contributed by atoms with Gasteiger partial charge in [0, 0.05) is 18.7 Å². The Bertz CT molecular complexity index is 1090. The molecule has 3 aromatic carbocycles. The molecule has 0 radical (unpaired) electrons. The lowest BCUT2D eigenvalue weighted by molar-refractivity contribution is -0.131. The van der Waals surface area contributed by atoms with Crippen molar-refractivity contribution in [3.8, 4) is 17.2 Å². The Kier molecular flexibility index (Phi) is 9.05. The van der Waals surface area contributed by atoms with E-state index in [2.05, 4.69) is 4.90 Å². The SMILES string of the molecule is COc1ccc(C(OCCN2CCC[C@H]2/C=C\C(=O)O)(c2ccc(OC)cc2)c2ccc(OC)cc2)cc1. The number of hydrogen-bond acceptors (Lipinski definition) is 6. The van der Waals surface area contributed by atoms with E-state index in [1.54, 1.807) is 27.4 Å². The molecular weight excluding hydrogens is 482 g/mol. The molecule has 1 atom stereocenters. The third-order valence-electron chi connectivity index (χ3n) is 7.06. The maximum atomic E-state index is 11.1. The Morgan fingerprint density at radius 2 is 1.29 bits per heavy atom. The lowest BCUT2D eigenvalue weighted by Gasteiger charge is -2.37. The summed E-state index contributed by atoms with van der Waals surface area (Å²) in [5, 5.41) is 9.08. The van der Waals surface area contributed by atoms with Crippen molar-refractivity contribution in [2.24, 2.45) is 0 Å². The molecule has 0 bridgehead atoms. The summed E-state index contributed by atoms with van der Waals surface area (Å²) in [7, 11) is 4.95. The third-order valence-corrected chi connectivity index (χ3v) is 7.06. The molecular formula is C31H35NO6. The van der Waals surface area contributed by atoms with Crippen LogP contribution in [0.2, 0.25) is 0 Å². The molecule has 0 amide bonds. The lowest BCUT2D eigenvalue weighted by atomic mass is 9.80. The minimum Gasteiger partial charge on any atom is -0.497 e. The Balaban J connectivity index is 1.74. The van der Waals surface area contributed by atoms with E-state index < -0.39 is 11.6 Å². The zero-order valence-corrected chi connectivity index (χ0v) is 22.1. The first-order valence-electron chi connectivity index (χ1n) is 12.7. The average Bonchev–Trinajstić information content (AvgIpc) is 3.42. The van der Waals surface area contributed by atoms with E-state index in [0.717, 1.165) is 53.3 Å². The minimum atomic E-state index is -0.925. The first-order chi connectivity index (χ1) is 18.5. The summed E-state index contributed by atoms with van der Waals surface area (Å²) < 4.78 is 23.2. The van der Waals surface area contributed by atoms with Gasteiger partial charge in [0.05, 0.1) is 27.9 Å². The van der Waals surface area contributed by atoms with Crippen molar-refractivity contribution >= 4 is 5.97 Å². The van der Waals surface area contributed by atoms with E-state index in [1.807, 2.05) is 72.8 Å². The second-order valence-electron chi connectivity index (χ2n) is 9.16. The highest BCUT2D eigenvalue weighted by atomic mass is 16.5. The second-order valence-corrected chi connectivity index (χ2v) is 9.16. The summed E-state index contributed by atoms with van der Waals surface area (Å²) in [6.07, 6.45) is 4.97. The van der Waals surface area contributed by atoms with Gasteiger partial charge in [-0.1, -0.05) is 42.5 Å². The average molecular weight is 518 g/mol. The maximum Gasteiger partial charge on any atom is 0.328 e. The van der Waals surface area contributed by atoms with Crippen LogP contribution in [0.25, 0.3) is 0 Å². The molecule has 1 N–H and O–H groups in total. The summed E-state index contributed by atoms with van der Waals surface area (Å²) in [5.41, 5.74) is 1.95. The number of nitrogens with zero attached hydrogens (tertiary/aromatic N) is 1. The van der Waals surface area contributed by atoms with Crippen LogP contribution in [-0.2, 0) is 15.1 Å². The number of carboxylic acids is 1. The van der Waals surface area contributed by atoms with Gasteiger partial charge in [-0.25, -0.2) is 4.79 Å². The molecule has 3 aromatic rings. The number of rotatable bonds is 12. The van der Waals surface area contributed by atoms with Gasteiger partial charge in [-0.3, -0.25) is 4.90 Å². The Morgan fingerprint density at radius 1 is 0.842 bits per heavy atom. The highest BCUT2D eigenvalue weighted by molar-refractivity contribution is 5.79. The van der Waals surface area contributed by atoms with E-state index in [1.165, 1.54) is 6.08 Å². The maximum absolute atomic E-state index is 11.1. The zero-order chi connectivity index (χ0) is 27.0. The van der Waals surface area contributed by atoms with Gasteiger partial charge in [-0.15, -0.1) is 0 Å². The molecule has 7 heteroatoms. The van der Waals surface area contributed by atoms with E-state index in [4.69, 9.17) is 24.1 Å². The van der Waals surface area contributed by atoms with Crippen molar-refractivity contribution in [1.29, 1.82) is 0 Å². The Labute approximate surface area is 224 Å². The first kappa shape index (κ1) is 27.2. The fourth-order valence-electron chi connectivity index (χ4n) is 5.08. The number of carboxylic acid groups (broad SMARTS) is 1. The number of hydrogen-bond donors (Lipinski definition) is 1. The minimum absolute atomic E-state index is 0.0899. The fourth-order valence-corrected chi connectivity index (χ4v) is 5.08. The molecule has 7 nitrogen and oxygen atoms in total.